The second kappa shape index (κ2) is 8.46. The molecule has 1 aromatic heterocycles. The number of carbonyl (C=O) groups excluding carboxylic acids is 3. The molecule has 1 aromatic carbocycles. The fourth-order valence-electron chi connectivity index (χ4n) is 1.78. The third-order valence-electron chi connectivity index (χ3n) is 2.84. The number of ether oxygens (including phenoxy) is 1. The number of benzene rings is 1. The maximum atomic E-state index is 11.9. The maximum absolute atomic E-state index is 11.9. The second-order valence-electron chi connectivity index (χ2n) is 4.87. The standard InChI is InChI=1S/C16H13Cl2N3O4/c1-9(22)20-12-4-2-10(3-5-12)16(24)25-8-14(23)21-15-13(18)6-11(17)7-19-15/h2-7H,8H2,1H3,(H,20,22)(H,19,21,23). The molecule has 25 heavy (non-hydrogen) atoms. The molecule has 7 nitrogen and oxygen atoms in total. The van der Waals surface area contributed by atoms with Gasteiger partial charge >= 0.3 is 5.97 Å². The van der Waals surface area contributed by atoms with Gasteiger partial charge < -0.3 is 15.4 Å². The van der Waals surface area contributed by atoms with Crippen molar-refractivity contribution in [2.24, 2.45) is 0 Å². The Morgan fingerprint density at radius 1 is 1.12 bits per heavy atom. The van der Waals surface area contributed by atoms with E-state index in [0.29, 0.717) is 10.7 Å². The molecule has 0 aliphatic carbocycles. The summed E-state index contributed by atoms with van der Waals surface area (Å²) >= 11 is 11.6. The maximum Gasteiger partial charge on any atom is 0.338 e. The van der Waals surface area contributed by atoms with Gasteiger partial charge in [-0.3, -0.25) is 9.59 Å². The summed E-state index contributed by atoms with van der Waals surface area (Å²) < 4.78 is 4.91. The van der Waals surface area contributed by atoms with Crippen LogP contribution in [0.3, 0.4) is 0 Å². The number of nitrogens with zero attached hydrogens (tertiary/aromatic N) is 1. The Morgan fingerprint density at radius 2 is 1.80 bits per heavy atom. The van der Waals surface area contributed by atoms with Gasteiger partial charge in [-0.25, -0.2) is 9.78 Å². The zero-order valence-corrected chi connectivity index (χ0v) is 14.5. The first-order valence-corrected chi connectivity index (χ1v) is 7.76. The molecule has 0 spiro atoms. The summed E-state index contributed by atoms with van der Waals surface area (Å²) in [6.45, 7) is 0.871. The van der Waals surface area contributed by atoms with Crippen molar-refractivity contribution in [1.82, 2.24) is 4.98 Å². The van der Waals surface area contributed by atoms with Gasteiger partial charge in [0.15, 0.2) is 12.4 Å². The number of nitrogens with one attached hydrogen (secondary N) is 2. The third-order valence-corrected chi connectivity index (χ3v) is 3.34. The van der Waals surface area contributed by atoms with E-state index in [2.05, 4.69) is 15.6 Å². The molecule has 0 aliphatic heterocycles. The average molecular weight is 382 g/mol. The van der Waals surface area contributed by atoms with Gasteiger partial charge in [-0.15, -0.1) is 0 Å². The lowest BCUT2D eigenvalue weighted by atomic mass is 10.2. The van der Waals surface area contributed by atoms with E-state index >= 15 is 0 Å². The summed E-state index contributed by atoms with van der Waals surface area (Å²) in [6.07, 6.45) is 1.33. The summed E-state index contributed by atoms with van der Waals surface area (Å²) in [5.74, 6) is -1.38. The van der Waals surface area contributed by atoms with E-state index in [-0.39, 0.29) is 22.3 Å². The van der Waals surface area contributed by atoms with E-state index in [1.54, 1.807) is 12.1 Å². The molecule has 0 radical (unpaired) electrons. The molecule has 1 heterocycles. The molecule has 0 fully saturated rings. The lowest BCUT2D eigenvalue weighted by Crippen LogP contribution is -2.21. The van der Waals surface area contributed by atoms with Crippen LogP contribution in [0.15, 0.2) is 36.5 Å². The SMILES string of the molecule is CC(=O)Nc1ccc(C(=O)OCC(=O)Nc2ncc(Cl)cc2Cl)cc1. The number of esters is 1. The Kier molecular flexibility index (Phi) is 6.32. The summed E-state index contributed by atoms with van der Waals surface area (Å²) in [4.78, 5) is 38.5. The highest BCUT2D eigenvalue weighted by molar-refractivity contribution is 6.36. The normalized spacial score (nSPS) is 10.0. The van der Waals surface area contributed by atoms with Crippen LogP contribution >= 0.6 is 23.2 Å². The van der Waals surface area contributed by atoms with E-state index in [9.17, 15) is 14.4 Å². The molecule has 130 valence electrons. The minimum atomic E-state index is -0.681. The molecule has 0 aliphatic rings. The fourth-order valence-corrected chi connectivity index (χ4v) is 2.21. The van der Waals surface area contributed by atoms with Crippen LogP contribution in [0.5, 0.6) is 0 Å². The van der Waals surface area contributed by atoms with Crippen molar-refractivity contribution >= 4 is 52.5 Å². The van der Waals surface area contributed by atoms with Gasteiger partial charge in [0.05, 0.1) is 15.6 Å². The Labute approximate surface area is 153 Å². The van der Waals surface area contributed by atoms with Crippen LogP contribution < -0.4 is 10.6 Å². The van der Waals surface area contributed by atoms with Gasteiger partial charge in [0.1, 0.15) is 0 Å². The molecular weight excluding hydrogens is 369 g/mol. The van der Waals surface area contributed by atoms with Crippen LogP contribution in [0, 0.1) is 0 Å². The molecule has 0 saturated carbocycles. The van der Waals surface area contributed by atoms with Crippen molar-refractivity contribution in [3.63, 3.8) is 0 Å². The second-order valence-corrected chi connectivity index (χ2v) is 5.71. The first kappa shape index (κ1) is 18.7. The van der Waals surface area contributed by atoms with Crippen molar-refractivity contribution in [3.05, 3.63) is 52.1 Å². The fraction of sp³-hybridized carbons (Fsp3) is 0.125. The van der Waals surface area contributed by atoms with Crippen molar-refractivity contribution in [1.29, 1.82) is 0 Å². The van der Waals surface area contributed by atoms with Gasteiger partial charge in [0.25, 0.3) is 5.91 Å². The molecule has 9 heteroatoms. The van der Waals surface area contributed by atoms with Gasteiger partial charge in [-0.1, -0.05) is 23.2 Å². The summed E-state index contributed by atoms with van der Waals surface area (Å²) in [7, 11) is 0. The Hall–Kier alpha value is -2.64. The first-order valence-electron chi connectivity index (χ1n) is 7.01. The molecule has 2 amide bonds. The van der Waals surface area contributed by atoms with E-state index in [1.807, 2.05) is 0 Å². The summed E-state index contributed by atoms with van der Waals surface area (Å²) in [6, 6.07) is 7.48. The van der Waals surface area contributed by atoms with Gasteiger partial charge in [-0.05, 0) is 30.3 Å². The number of carbonyl (C=O) groups is 3. The molecular formula is C16H13Cl2N3O4. The molecule has 0 atom stereocenters. The van der Waals surface area contributed by atoms with E-state index in [0.717, 1.165) is 0 Å². The zero-order chi connectivity index (χ0) is 18.4. The quantitative estimate of drug-likeness (QED) is 0.775. The van der Waals surface area contributed by atoms with Crippen molar-refractivity contribution in [2.45, 2.75) is 6.92 Å². The number of amides is 2. The highest BCUT2D eigenvalue weighted by Crippen LogP contribution is 2.22. The largest absolute Gasteiger partial charge is 0.452 e. The van der Waals surface area contributed by atoms with Crippen molar-refractivity contribution in [3.8, 4) is 0 Å². The smallest absolute Gasteiger partial charge is 0.338 e. The number of anilines is 2. The number of rotatable bonds is 5. The Balaban J connectivity index is 1.88. The van der Waals surface area contributed by atoms with Crippen LogP contribution in [0.2, 0.25) is 10.0 Å². The highest BCUT2D eigenvalue weighted by atomic mass is 35.5. The van der Waals surface area contributed by atoms with E-state index in [1.165, 1.54) is 31.3 Å². The molecule has 0 unspecified atom stereocenters. The Morgan fingerprint density at radius 3 is 2.40 bits per heavy atom. The van der Waals surface area contributed by atoms with Gasteiger partial charge in [0, 0.05) is 18.8 Å². The highest BCUT2D eigenvalue weighted by Gasteiger charge is 2.12. The third kappa shape index (κ3) is 5.74. The zero-order valence-electron chi connectivity index (χ0n) is 13.0. The molecule has 2 N–H and O–H groups in total. The van der Waals surface area contributed by atoms with Gasteiger partial charge in [-0.2, -0.15) is 0 Å². The predicted octanol–water partition coefficient (Wildman–Crippen LogP) is 3.14. The van der Waals surface area contributed by atoms with Crippen LogP contribution in [-0.4, -0.2) is 29.4 Å². The van der Waals surface area contributed by atoms with Crippen LogP contribution in [0.1, 0.15) is 17.3 Å². The first-order chi connectivity index (χ1) is 11.8. The minimum Gasteiger partial charge on any atom is -0.452 e. The van der Waals surface area contributed by atoms with E-state index in [4.69, 9.17) is 27.9 Å². The predicted molar refractivity (Wildman–Crippen MR) is 93.9 cm³/mol. The van der Waals surface area contributed by atoms with Gasteiger partial charge in [0.2, 0.25) is 5.91 Å². The molecule has 0 saturated heterocycles. The topological polar surface area (TPSA) is 97.4 Å². The number of hydrogen-bond acceptors (Lipinski definition) is 5. The minimum absolute atomic E-state index is 0.117. The summed E-state index contributed by atoms with van der Waals surface area (Å²) in [5.41, 5.74) is 0.787. The van der Waals surface area contributed by atoms with E-state index < -0.39 is 18.5 Å². The lowest BCUT2D eigenvalue weighted by molar-refractivity contribution is -0.119. The van der Waals surface area contributed by atoms with Crippen molar-refractivity contribution < 1.29 is 19.1 Å². The van der Waals surface area contributed by atoms with Crippen molar-refractivity contribution in [2.75, 3.05) is 17.2 Å². The Bertz CT molecular complexity index is 810. The lowest BCUT2D eigenvalue weighted by Gasteiger charge is -2.08. The summed E-state index contributed by atoms with van der Waals surface area (Å²) in [5, 5.41) is 5.48. The molecule has 2 aromatic rings. The molecule has 2 rings (SSSR count). The monoisotopic (exact) mass is 381 g/mol. The van der Waals surface area contributed by atoms with Crippen LogP contribution in [0.25, 0.3) is 0 Å². The average Bonchev–Trinajstić information content (AvgIpc) is 2.55. The number of aromatic nitrogens is 1. The number of halogens is 2. The van der Waals surface area contributed by atoms with Crippen LogP contribution in [-0.2, 0) is 14.3 Å². The number of pyridine rings is 1. The number of hydrogen-bond donors (Lipinski definition) is 2. The molecule has 0 bridgehead atoms. The van der Waals surface area contributed by atoms with Crippen LogP contribution in [0.4, 0.5) is 11.5 Å².